The first-order valence-corrected chi connectivity index (χ1v) is 7.93. The van der Waals surface area contributed by atoms with Crippen LogP contribution in [-0.4, -0.2) is 29.1 Å². The van der Waals surface area contributed by atoms with Crippen molar-refractivity contribution in [2.75, 3.05) is 29.0 Å². The van der Waals surface area contributed by atoms with Crippen molar-refractivity contribution in [3.05, 3.63) is 41.3 Å². The molecule has 27 heavy (non-hydrogen) atoms. The van der Waals surface area contributed by atoms with Crippen LogP contribution in [0.1, 0.15) is 17.7 Å². The quantitative estimate of drug-likeness (QED) is 0.450. The molecule has 0 fully saturated rings. The van der Waals surface area contributed by atoms with E-state index in [4.69, 9.17) is 5.73 Å². The summed E-state index contributed by atoms with van der Waals surface area (Å²) in [5.74, 6) is -1.00. The lowest BCUT2D eigenvalue weighted by atomic mass is 10.2. The minimum Gasteiger partial charge on any atom is -0.370 e. The maximum Gasteiger partial charge on any atom is 0.419 e. The van der Waals surface area contributed by atoms with Gasteiger partial charge in [0, 0.05) is 24.0 Å². The number of carbonyl (C=O) groups is 1. The number of nitrogens with one attached hydrogen (secondary N) is 3. The van der Waals surface area contributed by atoms with Gasteiger partial charge in [0.05, 0.1) is 5.56 Å². The van der Waals surface area contributed by atoms with Crippen LogP contribution in [0.4, 0.5) is 39.8 Å². The summed E-state index contributed by atoms with van der Waals surface area (Å²) in [6.45, 7) is 2.77. The monoisotopic (exact) mass is 386 g/mol. The number of amides is 2. The minimum absolute atomic E-state index is 0.0408. The number of aryl methyl sites for hydroxylation is 1. The van der Waals surface area contributed by atoms with Gasteiger partial charge in [-0.05, 0) is 38.1 Å². The average molecular weight is 386 g/mol. The normalized spacial score (nSPS) is 11.2. The van der Waals surface area contributed by atoms with Crippen LogP contribution in [0.25, 0.3) is 0 Å². The molecule has 1 aromatic heterocycles. The molecule has 2 rings (SSSR count). The number of anilines is 3. The number of nitrogens with zero attached hydrogens (tertiary/aromatic N) is 2. The molecule has 2 aromatic rings. The number of aromatic nitrogens is 2. The highest BCUT2D eigenvalue weighted by Gasteiger charge is 2.34. The number of hydrogen-bond acceptors (Lipinski definition) is 5. The van der Waals surface area contributed by atoms with E-state index in [-0.39, 0.29) is 11.6 Å². The second-order valence-corrected chi connectivity index (χ2v) is 5.56. The largest absolute Gasteiger partial charge is 0.419 e. The maximum atomic E-state index is 13.3. The van der Waals surface area contributed by atoms with E-state index in [1.165, 1.54) is 0 Å². The first-order valence-electron chi connectivity index (χ1n) is 7.93. The number of carbonyl (C=O) groups excluding carboxylic acids is 1. The van der Waals surface area contributed by atoms with Crippen LogP contribution < -0.4 is 21.7 Å². The zero-order valence-electron chi connectivity index (χ0n) is 14.3. The average Bonchev–Trinajstić information content (AvgIpc) is 2.55. The molecule has 0 spiro atoms. The molecular formula is C16H18F4N6O. The lowest BCUT2D eigenvalue weighted by molar-refractivity contribution is -0.139. The van der Waals surface area contributed by atoms with Crippen molar-refractivity contribution < 1.29 is 22.4 Å². The van der Waals surface area contributed by atoms with Crippen molar-refractivity contribution >= 4 is 23.5 Å². The summed E-state index contributed by atoms with van der Waals surface area (Å²) in [7, 11) is 0. The third kappa shape index (κ3) is 6.06. The molecule has 0 aliphatic rings. The number of alkyl halides is 3. The zero-order chi connectivity index (χ0) is 20.0. The van der Waals surface area contributed by atoms with E-state index < -0.39 is 23.6 Å². The van der Waals surface area contributed by atoms with E-state index in [9.17, 15) is 22.4 Å². The Morgan fingerprint density at radius 3 is 2.59 bits per heavy atom. The van der Waals surface area contributed by atoms with Gasteiger partial charge in [0.2, 0.25) is 5.95 Å². The van der Waals surface area contributed by atoms with E-state index in [0.29, 0.717) is 36.7 Å². The first-order chi connectivity index (χ1) is 12.7. The van der Waals surface area contributed by atoms with Crippen LogP contribution in [0.3, 0.4) is 0 Å². The lowest BCUT2D eigenvalue weighted by Crippen LogP contribution is -2.22. The summed E-state index contributed by atoms with van der Waals surface area (Å²) in [5, 5.41) is 7.52. The van der Waals surface area contributed by atoms with Crippen LogP contribution in [0.15, 0.2) is 24.3 Å². The molecule has 0 unspecified atom stereocenters. The summed E-state index contributed by atoms with van der Waals surface area (Å²) < 4.78 is 51.5. The molecule has 0 radical (unpaired) electrons. The van der Waals surface area contributed by atoms with Gasteiger partial charge in [-0.15, -0.1) is 0 Å². The molecule has 0 saturated carbocycles. The Balaban J connectivity index is 2.08. The van der Waals surface area contributed by atoms with E-state index >= 15 is 0 Å². The minimum atomic E-state index is -4.87. The highest BCUT2D eigenvalue weighted by Crippen LogP contribution is 2.33. The Morgan fingerprint density at radius 1 is 1.19 bits per heavy atom. The predicted molar refractivity (Wildman–Crippen MR) is 93.0 cm³/mol. The Kier molecular flexibility index (Phi) is 6.50. The van der Waals surface area contributed by atoms with Gasteiger partial charge in [0.25, 0.3) is 0 Å². The van der Waals surface area contributed by atoms with Gasteiger partial charge in [0.15, 0.2) is 0 Å². The Labute approximate surface area is 152 Å². The van der Waals surface area contributed by atoms with Crippen molar-refractivity contribution in [1.29, 1.82) is 0 Å². The molecule has 0 atom stereocenters. The van der Waals surface area contributed by atoms with Gasteiger partial charge in [-0.25, -0.2) is 14.2 Å². The van der Waals surface area contributed by atoms with E-state index in [1.54, 1.807) is 13.0 Å². The van der Waals surface area contributed by atoms with Crippen LogP contribution in [0.5, 0.6) is 0 Å². The van der Waals surface area contributed by atoms with Crippen molar-refractivity contribution in [3.8, 4) is 0 Å². The van der Waals surface area contributed by atoms with Crippen LogP contribution in [-0.2, 0) is 6.18 Å². The highest BCUT2D eigenvalue weighted by atomic mass is 19.4. The standard InChI is InChI=1S/C16H18F4N6O/c1-9-7-13(22-6-2-5-21)25-14(23-9)26-15(27)24-10-3-4-12(17)11(8-10)16(18,19)20/h3-4,7-8H,2,5-6,21H2,1H3,(H3,22,23,24,25,26,27). The van der Waals surface area contributed by atoms with Gasteiger partial charge in [-0.2, -0.15) is 18.2 Å². The van der Waals surface area contributed by atoms with Gasteiger partial charge in [0.1, 0.15) is 11.6 Å². The predicted octanol–water partition coefficient (Wildman–Crippen LogP) is 3.35. The van der Waals surface area contributed by atoms with Crippen molar-refractivity contribution in [1.82, 2.24) is 9.97 Å². The first kappa shape index (κ1) is 20.4. The second kappa shape index (κ2) is 8.62. The number of benzene rings is 1. The highest BCUT2D eigenvalue weighted by molar-refractivity contribution is 5.98. The summed E-state index contributed by atoms with van der Waals surface area (Å²) in [4.78, 5) is 20.1. The molecule has 0 saturated heterocycles. The fourth-order valence-corrected chi connectivity index (χ4v) is 2.12. The topological polar surface area (TPSA) is 105 Å². The second-order valence-electron chi connectivity index (χ2n) is 5.56. The number of halogens is 4. The Bertz CT molecular complexity index is 812. The molecule has 0 aliphatic heterocycles. The summed E-state index contributed by atoms with van der Waals surface area (Å²) in [6, 6.07) is 2.94. The number of urea groups is 1. The van der Waals surface area contributed by atoms with E-state index in [1.807, 2.05) is 0 Å². The van der Waals surface area contributed by atoms with Crippen LogP contribution >= 0.6 is 0 Å². The van der Waals surface area contributed by atoms with Crippen LogP contribution in [0.2, 0.25) is 0 Å². The summed E-state index contributed by atoms with van der Waals surface area (Å²) in [6.07, 6.45) is -4.15. The Morgan fingerprint density at radius 2 is 1.93 bits per heavy atom. The number of nitrogens with two attached hydrogens (primary N) is 1. The van der Waals surface area contributed by atoms with Gasteiger partial charge in [-0.3, -0.25) is 5.32 Å². The summed E-state index contributed by atoms with van der Waals surface area (Å²) in [5.41, 5.74) is 4.27. The van der Waals surface area contributed by atoms with Crippen molar-refractivity contribution in [2.45, 2.75) is 19.5 Å². The molecule has 0 aliphatic carbocycles. The van der Waals surface area contributed by atoms with Crippen LogP contribution in [0, 0.1) is 12.7 Å². The molecule has 11 heteroatoms. The molecule has 0 bridgehead atoms. The van der Waals surface area contributed by atoms with Crippen molar-refractivity contribution in [3.63, 3.8) is 0 Å². The molecule has 7 nitrogen and oxygen atoms in total. The fourth-order valence-electron chi connectivity index (χ4n) is 2.12. The number of hydrogen-bond donors (Lipinski definition) is 4. The zero-order valence-corrected chi connectivity index (χ0v) is 14.3. The van der Waals surface area contributed by atoms with E-state index in [2.05, 4.69) is 25.9 Å². The molecule has 146 valence electrons. The third-order valence-electron chi connectivity index (χ3n) is 3.30. The Hall–Kier alpha value is -2.95. The molecule has 1 heterocycles. The van der Waals surface area contributed by atoms with Gasteiger partial charge in [-0.1, -0.05) is 0 Å². The molecule has 5 N–H and O–H groups in total. The lowest BCUT2D eigenvalue weighted by Gasteiger charge is -2.12. The molecular weight excluding hydrogens is 368 g/mol. The number of rotatable bonds is 6. The third-order valence-corrected chi connectivity index (χ3v) is 3.30. The fraction of sp³-hybridized carbons (Fsp3) is 0.312. The smallest absolute Gasteiger partial charge is 0.370 e. The van der Waals surface area contributed by atoms with E-state index in [0.717, 1.165) is 12.5 Å². The van der Waals surface area contributed by atoms with Gasteiger partial charge >= 0.3 is 12.2 Å². The van der Waals surface area contributed by atoms with Crippen molar-refractivity contribution in [2.24, 2.45) is 5.73 Å². The SMILES string of the molecule is Cc1cc(NCCCN)nc(NC(=O)Nc2ccc(F)c(C(F)(F)F)c2)n1. The maximum absolute atomic E-state index is 13.3. The molecule has 1 aromatic carbocycles. The summed E-state index contributed by atoms with van der Waals surface area (Å²) >= 11 is 0. The van der Waals surface area contributed by atoms with Gasteiger partial charge < -0.3 is 16.4 Å². The molecule has 2 amide bonds.